The van der Waals surface area contributed by atoms with Crippen molar-refractivity contribution < 1.29 is 9.53 Å². The molecule has 0 aliphatic carbocycles. The lowest BCUT2D eigenvalue weighted by molar-refractivity contribution is -0.146. The van der Waals surface area contributed by atoms with Gasteiger partial charge in [0.1, 0.15) is 6.04 Å². The van der Waals surface area contributed by atoms with Gasteiger partial charge in [-0.1, -0.05) is 19.8 Å². The SMILES string of the molecule is CCCCC(C(=O)OC)N1CCCC1. The maximum atomic E-state index is 11.5. The van der Waals surface area contributed by atoms with Gasteiger partial charge in [-0.15, -0.1) is 0 Å². The molecule has 3 heteroatoms. The maximum Gasteiger partial charge on any atom is 0.323 e. The standard InChI is InChI=1S/C11H21NO2/c1-3-4-7-10(11(13)14-2)12-8-5-6-9-12/h10H,3-9H2,1-2H3. The minimum atomic E-state index is -0.0552. The molecule has 1 unspecified atom stereocenters. The van der Waals surface area contributed by atoms with Crippen molar-refractivity contribution in [2.75, 3.05) is 20.2 Å². The molecule has 1 atom stereocenters. The molecule has 0 spiro atoms. The Balaban J connectivity index is 2.46. The largest absolute Gasteiger partial charge is 0.468 e. The third-order valence-corrected chi connectivity index (χ3v) is 2.89. The fourth-order valence-corrected chi connectivity index (χ4v) is 2.04. The van der Waals surface area contributed by atoms with E-state index < -0.39 is 0 Å². The zero-order chi connectivity index (χ0) is 10.4. The zero-order valence-electron chi connectivity index (χ0n) is 9.29. The molecule has 0 bridgehead atoms. The van der Waals surface area contributed by atoms with Crippen molar-refractivity contribution in [1.29, 1.82) is 0 Å². The smallest absolute Gasteiger partial charge is 0.323 e. The predicted molar refractivity (Wildman–Crippen MR) is 56.1 cm³/mol. The third-order valence-electron chi connectivity index (χ3n) is 2.89. The highest BCUT2D eigenvalue weighted by atomic mass is 16.5. The second-order valence-electron chi connectivity index (χ2n) is 3.92. The van der Waals surface area contributed by atoms with Crippen molar-refractivity contribution in [3.8, 4) is 0 Å². The Bertz CT molecular complexity index is 176. The molecule has 0 aromatic heterocycles. The summed E-state index contributed by atoms with van der Waals surface area (Å²) in [5.74, 6) is -0.0552. The van der Waals surface area contributed by atoms with Crippen LogP contribution in [0.3, 0.4) is 0 Å². The second kappa shape index (κ2) is 6.02. The third kappa shape index (κ3) is 2.98. The van der Waals surface area contributed by atoms with E-state index >= 15 is 0 Å². The summed E-state index contributed by atoms with van der Waals surface area (Å²) in [4.78, 5) is 13.8. The number of rotatable bonds is 5. The van der Waals surface area contributed by atoms with Gasteiger partial charge in [0.15, 0.2) is 0 Å². The molecule has 0 amide bonds. The van der Waals surface area contributed by atoms with E-state index in [4.69, 9.17) is 4.74 Å². The molecule has 1 rings (SSSR count). The number of ether oxygens (including phenoxy) is 1. The highest BCUT2D eigenvalue weighted by molar-refractivity contribution is 5.75. The molecule has 14 heavy (non-hydrogen) atoms. The van der Waals surface area contributed by atoms with Gasteiger partial charge >= 0.3 is 5.97 Å². The molecule has 1 heterocycles. The van der Waals surface area contributed by atoms with Gasteiger partial charge in [-0.3, -0.25) is 9.69 Å². The molecular weight excluding hydrogens is 178 g/mol. The molecule has 82 valence electrons. The number of likely N-dealkylation sites (tertiary alicyclic amines) is 1. The molecule has 0 aromatic rings. The highest BCUT2D eigenvalue weighted by Gasteiger charge is 2.27. The first-order valence-electron chi connectivity index (χ1n) is 5.61. The first kappa shape index (κ1) is 11.5. The maximum absolute atomic E-state index is 11.5. The van der Waals surface area contributed by atoms with Crippen molar-refractivity contribution in [2.24, 2.45) is 0 Å². The molecule has 1 aliphatic heterocycles. The van der Waals surface area contributed by atoms with Crippen LogP contribution in [-0.2, 0) is 9.53 Å². The fraction of sp³-hybridized carbons (Fsp3) is 0.909. The summed E-state index contributed by atoms with van der Waals surface area (Å²) in [5.41, 5.74) is 0. The van der Waals surface area contributed by atoms with Crippen molar-refractivity contribution >= 4 is 5.97 Å². The minimum Gasteiger partial charge on any atom is -0.468 e. The average Bonchev–Trinajstić information content (AvgIpc) is 2.71. The van der Waals surface area contributed by atoms with E-state index in [0.29, 0.717) is 0 Å². The topological polar surface area (TPSA) is 29.5 Å². The predicted octanol–water partition coefficient (Wildman–Crippen LogP) is 1.81. The Morgan fingerprint density at radius 1 is 1.43 bits per heavy atom. The minimum absolute atomic E-state index is 0.0162. The van der Waals surface area contributed by atoms with Crippen LogP contribution < -0.4 is 0 Å². The summed E-state index contributed by atoms with van der Waals surface area (Å²) in [6.07, 6.45) is 5.64. The lowest BCUT2D eigenvalue weighted by Gasteiger charge is -2.24. The monoisotopic (exact) mass is 199 g/mol. The Labute approximate surface area is 86.4 Å². The number of hydrogen-bond donors (Lipinski definition) is 0. The van der Waals surface area contributed by atoms with Crippen LogP contribution in [0.4, 0.5) is 0 Å². The number of nitrogens with zero attached hydrogens (tertiary/aromatic N) is 1. The summed E-state index contributed by atoms with van der Waals surface area (Å²) >= 11 is 0. The number of unbranched alkanes of at least 4 members (excludes halogenated alkanes) is 1. The van der Waals surface area contributed by atoms with Gasteiger partial charge in [0.25, 0.3) is 0 Å². The van der Waals surface area contributed by atoms with E-state index in [1.165, 1.54) is 20.0 Å². The Hall–Kier alpha value is -0.570. The van der Waals surface area contributed by atoms with E-state index in [2.05, 4.69) is 11.8 Å². The van der Waals surface area contributed by atoms with Gasteiger partial charge < -0.3 is 4.74 Å². The number of hydrogen-bond acceptors (Lipinski definition) is 3. The van der Waals surface area contributed by atoms with Gasteiger partial charge in [0.2, 0.25) is 0 Å². The van der Waals surface area contributed by atoms with Gasteiger partial charge in [0.05, 0.1) is 7.11 Å². The summed E-state index contributed by atoms with van der Waals surface area (Å²) in [6, 6.07) is 0.0162. The van der Waals surface area contributed by atoms with Crippen molar-refractivity contribution in [3.05, 3.63) is 0 Å². The highest BCUT2D eigenvalue weighted by Crippen LogP contribution is 2.17. The van der Waals surface area contributed by atoms with Crippen LogP contribution in [0.2, 0.25) is 0 Å². The van der Waals surface area contributed by atoms with Crippen molar-refractivity contribution in [1.82, 2.24) is 4.90 Å². The van der Waals surface area contributed by atoms with Crippen LogP contribution in [0.15, 0.2) is 0 Å². The fourth-order valence-electron chi connectivity index (χ4n) is 2.04. The van der Waals surface area contributed by atoms with Crippen LogP contribution >= 0.6 is 0 Å². The second-order valence-corrected chi connectivity index (χ2v) is 3.92. The number of esters is 1. The summed E-state index contributed by atoms with van der Waals surface area (Å²) in [6.45, 7) is 4.27. The number of carbonyl (C=O) groups excluding carboxylic acids is 1. The quantitative estimate of drug-likeness (QED) is 0.632. The van der Waals surface area contributed by atoms with E-state index in [1.54, 1.807) is 0 Å². The van der Waals surface area contributed by atoms with Crippen LogP contribution in [0.25, 0.3) is 0 Å². The summed E-state index contributed by atoms with van der Waals surface area (Å²) in [5, 5.41) is 0. The van der Waals surface area contributed by atoms with Crippen molar-refractivity contribution in [3.63, 3.8) is 0 Å². The summed E-state index contributed by atoms with van der Waals surface area (Å²) < 4.78 is 4.84. The Kier molecular flexibility index (Phi) is 4.94. The molecule has 0 saturated carbocycles. The molecule has 0 aromatic carbocycles. The Morgan fingerprint density at radius 2 is 2.07 bits per heavy atom. The molecule has 1 aliphatic rings. The van der Waals surface area contributed by atoms with Crippen LogP contribution in [-0.4, -0.2) is 37.1 Å². The normalized spacial score (nSPS) is 19.6. The van der Waals surface area contributed by atoms with E-state index in [1.807, 2.05) is 0 Å². The molecular formula is C11H21NO2. The lowest BCUT2D eigenvalue weighted by Crippen LogP contribution is -2.39. The molecule has 1 saturated heterocycles. The van der Waals surface area contributed by atoms with Gasteiger partial charge in [-0.05, 0) is 32.4 Å². The molecule has 0 radical (unpaired) electrons. The van der Waals surface area contributed by atoms with Gasteiger partial charge in [-0.2, -0.15) is 0 Å². The van der Waals surface area contributed by atoms with Gasteiger partial charge in [-0.25, -0.2) is 0 Å². The number of carbonyl (C=O) groups is 1. The van der Waals surface area contributed by atoms with Gasteiger partial charge in [0, 0.05) is 0 Å². The van der Waals surface area contributed by atoms with E-state index in [0.717, 1.165) is 32.4 Å². The molecule has 0 N–H and O–H groups in total. The zero-order valence-corrected chi connectivity index (χ0v) is 9.29. The molecule has 3 nitrogen and oxygen atoms in total. The van der Waals surface area contributed by atoms with E-state index in [9.17, 15) is 4.79 Å². The first-order valence-corrected chi connectivity index (χ1v) is 5.61. The van der Waals surface area contributed by atoms with Crippen LogP contribution in [0, 0.1) is 0 Å². The molecule has 1 fully saturated rings. The average molecular weight is 199 g/mol. The van der Waals surface area contributed by atoms with Crippen molar-refractivity contribution in [2.45, 2.75) is 45.1 Å². The first-order chi connectivity index (χ1) is 6.79. The summed E-state index contributed by atoms with van der Waals surface area (Å²) in [7, 11) is 1.48. The lowest BCUT2D eigenvalue weighted by atomic mass is 10.1. The van der Waals surface area contributed by atoms with E-state index in [-0.39, 0.29) is 12.0 Å². The Morgan fingerprint density at radius 3 is 2.57 bits per heavy atom. The number of methoxy groups -OCH3 is 1. The van der Waals surface area contributed by atoms with Crippen LogP contribution in [0.1, 0.15) is 39.0 Å². The van der Waals surface area contributed by atoms with Crippen LogP contribution in [0.5, 0.6) is 0 Å².